The summed E-state index contributed by atoms with van der Waals surface area (Å²) in [6.45, 7) is 3.72. The van der Waals surface area contributed by atoms with Crippen molar-refractivity contribution in [3.05, 3.63) is 42.1 Å². The van der Waals surface area contributed by atoms with Crippen molar-refractivity contribution in [2.45, 2.75) is 19.4 Å². The van der Waals surface area contributed by atoms with E-state index in [1.807, 2.05) is 26.1 Å². The topological polar surface area (TPSA) is 96.7 Å². The summed E-state index contributed by atoms with van der Waals surface area (Å²) in [5.74, 6) is 0.958. The predicted molar refractivity (Wildman–Crippen MR) is 106 cm³/mol. The van der Waals surface area contributed by atoms with E-state index in [2.05, 4.69) is 30.6 Å². The van der Waals surface area contributed by atoms with Crippen LogP contribution in [0.5, 0.6) is 5.75 Å². The lowest BCUT2D eigenvalue weighted by molar-refractivity contribution is 0.102. The van der Waals surface area contributed by atoms with Gasteiger partial charge in [-0.05, 0) is 32.5 Å². The molecule has 0 radical (unpaired) electrons. The zero-order valence-electron chi connectivity index (χ0n) is 16.1. The Balaban J connectivity index is 1.51. The molecule has 1 fully saturated rings. The monoisotopic (exact) mass is 381 g/mol. The van der Waals surface area contributed by atoms with Gasteiger partial charge < -0.3 is 20.3 Å². The van der Waals surface area contributed by atoms with Gasteiger partial charge in [-0.1, -0.05) is 0 Å². The first-order chi connectivity index (χ1) is 13.6. The molecular formula is C19H23N7O2. The minimum Gasteiger partial charge on any atom is -0.493 e. The minimum atomic E-state index is -0.340. The number of fused-ring (bicyclic) bond motifs is 1. The number of amides is 1. The van der Waals surface area contributed by atoms with Gasteiger partial charge in [0.25, 0.3) is 5.91 Å². The molecule has 2 N–H and O–H groups in total. The Kier molecular flexibility index (Phi) is 4.82. The second-order valence-corrected chi connectivity index (χ2v) is 6.84. The van der Waals surface area contributed by atoms with Crippen LogP contribution in [0, 0.1) is 6.92 Å². The SMILES string of the molecule is CNC1CCN(c2cnc(C(=O)Nc3cc4cc(C)nn4cc3OC)cn2)C1. The van der Waals surface area contributed by atoms with Gasteiger partial charge in [0, 0.05) is 19.1 Å². The molecule has 9 heteroatoms. The molecule has 4 heterocycles. The Hall–Kier alpha value is -3.20. The number of rotatable bonds is 5. The Bertz CT molecular complexity index is 999. The number of nitrogens with one attached hydrogen (secondary N) is 2. The van der Waals surface area contributed by atoms with Crippen molar-refractivity contribution in [2.75, 3.05) is 37.5 Å². The number of nitrogens with zero attached hydrogens (tertiary/aromatic N) is 5. The highest BCUT2D eigenvalue weighted by Gasteiger charge is 2.22. The normalized spacial score (nSPS) is 16.5. The molecule has 1 saturated heterocycles. The predicted octanol–water partition coefficient (Wildman–Crippen LogP) is 1.49. The Morgan fingerprint density at radius 2 is 2.14 bits per heavy atom. The lowest BCUT2D eigenvalue weighted by atomic mass is 10.3. The maximum Gasteiger partial charge on any atom is 0.275 e. The highest BCUT2D eigenvalue weighted by Crippen LogP contribution is 2.26. The summed E-state index contributed by atoms with van der Waals surface area (Å²) < 4.78 is 7.10. The van der Waals surface area contributed by atoms with Crippen LogP contribution < -0.4 is 20.3 Å². The van der Waals surface area contributed by atoms with Gasteiger partial charge in [0.15, 0.2) is 5.75 Å². The molecule has 1 unspecified atom stereocenters. The van der Waals surface area contributed by atoms with Crippen molar-refractivity contribution in [1.82, 2.24) is 24.9 Å². The highest BCUT2D eigenvalue weighted by molar-refractivity contribution is 6.03. The third-order valence-electron chi connectivity index (χ3n) is 4.94. The quantitative estimate of drug-likeness (QED) is 0.691. The fraction of sp³-hybridized carbons (Fsp3) is 0.368. The van der Waals surface area contributed by atoms with Crippen LogP contribution in [0.2, 0.25) is 0 Å². The van der Waals surface area contributed by atoms with Gasteiger partial charge in [0.2, 0.25) is 0 Å². The maximum absolute atomic E-state index is 12.6. The Labute approximate surface area is 162 Å². The largest absolute Gasteiger partial charge is 0.493 e. The van der Waals surface area contributed by atoms with Crippen LogP contribution in [0.25, 0.3) is 5.52 Å². The molecular weight excluding hydrogens is 358 g/mol. The average molecular weight is 381 g/mol. The Morgan fingerprint density at radius 1 is 1.29 bits per heavy atom. The smallest absolute Gasteiger partial charge is 0.275 e. The molecule has 146 valence electrons. The fourth-order valence-corrected chi connectivity index (χ4v) is 3.40. The molecule has 28 heavy (non-hydrogen) atoms. The van der Waals surface area contributed by atoms with Crippen LogP contribution >= 0.6 is 0 Å². The minimum absolute atomic E-state index is 0.250. The molecule has 0 bridgehead atoms. The van der Waals surface area contributed by atoms with Crippen molar-refractivity contribution in [1.29, 1.82) is 0 Å². The molecule has 9 nitrogen and oxygen atoms in total. The summed E-state index contributed by atoms with van der Waals surface area (Å²) in [5.41, 5.74) is 2.56. The van der Waals surface area contributed by atoms with E-state index in [-0.39, 0.29) is 11.6 Å². The molecule has 1 amide bonds. The molecule has 4 rings (SSSR count). The molecule has 1 aliphatic rings. The van der Waals surface area contributed by atoms with Crippen molar-refractivity contribution >= 4 is 22.9 Å². The molecule has 0 spiro atoms. The third-order valence-corrected chi connectivity index (χ3v) is 4.94. The number of carbonyl (C=O) groups excluding carboxylic acids is 1. The second-order valence-electron chi connectivity index (χ2n) is 6.84. The summed E-state index contributed by atoms with van der Waals surface area (Å²) in [7, 11) is 3.51. The van der Waals surface area contributed by atoms with Gasteiger partial charge in [-0.25, -0.2) is 14.5 Å². The van der Waals surface area contributed by atoms with Gasteiger partial charge in [-0.15, -0.1) is 0 Å². The molecule has 3 aromatic heterocycles. The summed E-state index contributed by atoms with van der Waals surface area (Å²) in [6.07, 6.45) is 5.95. The van der Waals surface area contributed by atoms with Crippen LogP contribution in [0.4, 0.5) is 11.5 Å². The summed E-state index contributed by atoms with van der Waals surface area (Å²) >= 11 is 0. The van der Waals surface area contributed by atoms with Gasteiger partial charge in [-0.2, -0.15) is 5.10 Å². The number of pyridine rings is 1. The van der Waals surface area contributed by atoms with Crippen molar-refractivity contribution in [2.24, 2.45) is 0 Å². The van der Waals surface area contributed by atoms with Crippen LogP contribution in [-0.4, -0.2) is 58.8 Å². The molecule has 0 aromatic carbocycles. The molecule has 0 aliphatic carbocycles. The number of aromatic nitrogens is 4. The van der Waals surface area contributed by atoms with Crippen LogP contribution in [0.1, 0.15) is 22.6 Å². The highest BCUT2D eigenvalue weighted by atomic mass is 16.5. The second kappa shape index (κ2) is 7.43. The number of carbonyl (C=O) groups is 1. The van der Waals surface area contributed by atoms with E-state index in [0.29, 0.717) is 17.5 Å². The summed E-state index contributed by atoms with van der Waals surface area (Å²) in [5, 5.41) is 10.5. The van der Waals surface area contributed by atoms with Gasteiger partial charge in [-0.3, -0.25) is 4.79 Å². The van der Waals surface area contributed by atoms with E-state index in [0.717, 1.165) is 36.5 Å². The number of aryl methyl sites for hydroxylation is 1. The number of hydrogen-bond donors (Lipinski definition) is 2. The van der Waals surface area contributed by atoms with Crippen molar-refractivity contribution < 1.29 is 9.53 Å². The average Bonchev–Trinajstić information content (AvgIpc) is 3.32. The third kappa shape index (κ3) is 3.48. The molecule has 1 aliphatic heterocycles. The maximum atomic E-state index is 12.6. The first kappa shape index (κ1) is 18.2. The molecule has 3 aromatic rings. The van der Waals surface area contributed by atoms with Gasteiger partial charge in [0.05, 0.1) is 42.6 Å². The van der Waals surface area contributed by atoms with Crippen LogP contribution in [-0.2, 0) is 0 Å². The van der Waals surface area contributed by atoms with Crippen molar-refractivity contribution in [3.63, 3.8) is 0 Å². The summed E-state index contributed by atoms with van der Waals surface area (Å²) in [4.78, 5) is 23.5. The van der Waals surface area contributed by atoms with Crippen LogP contribution in [0.15, 0.2) is 30.7 Å². The van der Waals surface area contributed by atoms with Crippen LogP contribution in [0.3, 0.4) is 0 Å². The van der Waals surface area contributed by atoms with E-state index in [1.54, 1.807) is 24.0 Å². The standard InChI is InChI=1S/C19H23N7O2/c1-12-6-14-7-15(17(28-3)11-26(14)24-12)23-19(27)16-8-22-18(9-21-16)25-5-4-13(10-25)20-2/h6-9,11,13,20H,4-5,10H2,1-3H3,(H,23,27). The first-order valence-electron chi connectivity index (χ1n) is 9.17. The Morgan fingerprint density at radius 3 is 2.82 bits per heavy atom. The number of methoxy groups -OCH3 is 1. The molecule has 1 atom stereocenters. The fourth-order valence-electron chi connectivity index (χ4n) is 3.40. The zero-order chi connectivity index (χ0) is 19.7. The van der Waals surface area contributed by atoms with E-state index in [4.69, 9.17) is 4.74 Å². The lowest BCUT2D eigenvalue weighted by Crippen LogP contribution is -2.30. The number of likely N-dealkylation sites (N-methyl/N-ethyl adjacent to an activating group) is 1. The van der Waals surface area contributed by atoms with E-state index >= 15 is 0 Å². The lowest BCUT2D eigenvalue weighted by Gasteiger charge is -2.17. The van der Waals surface area contributed by atoms with Crippen molar-refractivity contribution in [3.8, 4) is 5.75 Å². The first-order valence-corrected chi connectivity index (χ1v) is 9.17. The van der Waals surface area contributed by atoms with E-state index < -0.39 is 0 Å². The number of hydrogen-bond acceptors (Lipinski definition) is 7. The molecule has 0 saturated carbocycles. The van der Waals surface area contributed by atoms with E-state index in [9.17, 15) is 4.79 Å². The van der Waals surface area contributed by atoms with E-state index in [1.165, 1.54) is 6.20 Å². The van der Waals surface area contributed by atoms with Gasteiger partial charge >= 0.3 is 0 Å². The zero-order valence-corrected chi connectivity index (χ0v) is 16.1. The number of ether oxygens (including phenoxy) is 1. The van der Waals surface area contributed by atoms with Gasteiger partial charge in [0.1, 0.15) is 11.5 Å². The summed E-state index contributed by atoms with van der Waals surface area (Å²) in [6, 6.07) is 4.21. The number of anilines is 2.